The lowest BCUT2D eigenvalue weighted by Gasteiger charge is -2.33. The van der Waals surface area contributed by atoms with E-state index >= 15 is 0 Å². The van der Waals surface area contributed by atoms with Gasteiger partial charge in [-0.05, 0) is 43.2 Å². The van der Waals surface area contributed by atoms with Gasteiger partial charge in [0.2, 0.25) is 6.41 Å². The van der Waals surface area contributed by atoms with Crippen molar-refractivity contribution in [3.63, 3.8) is 0 Å². The summed E-state index contributed by atoms with van der Waals surface area (Å²) in [5, 5.41) is 0. The van der Waals surface area contributed by atoms with E-state index in [2.05, 4.69) is 0 Å². The van der Waals surface area contributed by atoms with Crippen LogP contribution in [0.1, 0.15) is 36.8 Å². The molecule has 1 aliphatic heterocycles. The van der Waals surface area contributed by atoms with Gasteiger partial charge in [0.15, 0.2) is 0 Å². The summed E-state index contributed by atoms with van der Waals surface area (Å²) in [6, 6.07) is 4.99. The average molecular weight is 311 g/mol. The summed E-state index contributed by atoms with van der Waals surface area (Å²) in [5.74, 6) is 0.333. The third kappa shape index (κ3) is 3.63. The molecular formula is C15H21NO4S. The largest absolute Gasteiger partial charge is 0.345 e. The van der Waals surface area contributed by atoms with Gasteiger partial charge in [0, 0.05) is 13.1 Å². The second kappa shape index (κ2) is 6.15. The zero-order valence-electron chi connectivity index (χ0n) is 12.3. The third-order valence-electron chi connectivity index (χ3n) is 4.36. The van der Waals surface area contributed by atoms with Gasteiger partial charge in [0.05, 0.1) is 4.90 Å². The van der Waals surface area contributed by atoms with Crippen LogP contribution in [0.4, 0.5) is 0 Å². The summed E-state index contributed by atoms with van der Waals surface area (Å²) in [7, 11) is -4.22. The number of piperidine rings is 1. The fraction of sp³-hybridized carbons (Fsp3) is 0.533. The lowest BCUT2D eigenvalue weighted by atomic mass is 9.81. The van der Waals surface area contributed by atoms with Crippen molar-refractivity contribution in [2.45, 2.75) is 37.5 Å². The highest BCUT2D eigenvalue weighted by molar-refractivity contribution is 7.85. The second-order valence-electron chi connectivity index (χ2n) is 5.78. The average Bonchev–Trinajstić information content (AvgIpc) is 2.45. The van der Waals surface area contributed by atoms with Crippen LogP contribution in [-0.2, 0) is 14.9 Å². The fourth-order valence-electron chi connectivity index (χ4n) is 3.04. The Hall–Kier alpha value is -1.40. The molecule has 6 heteroatoms. The number of nitrogens with zero attached hydrogens (tertiary/aromatic N) is 1. The Kier molecular flexibility index (Phi) is 4.68. The number of aryl methyl sites for hydroxylation is 1. The first-order valence-electron chi connectivity index (χ1n) is 7.10. The number of rotatable bonds is 4. The smallest absolute Gasteiger partial charge is 0.294 e. The summed E-state index contributed by atoms with van der Waals surface area (Å²) >= 11 is 0. The normalized spacial score (nSPS) is 18.5. The molecule has 21 heavy (non-hydrogen) atoms. The van der Waals surface area contributed by atoms with Crippen molar-refractivity contribution >= 4 is 16.5 Å². The molecule has 0 aliphatic carbocycles. The highest BCUT2D eigenvalue weighted by Gasteiger charge is 2.28. The number of likely N-dealkylation sites (tertiary alicyclic amines) is 1. The maximum Gasteiger partial charge on any atom is 0.294 e. The maximum absolute atomic E-state index is 11.6. The van der Waals surface area contributed by atoms with Gasteiger partial charge in [0.25, 0.3) is 10.1 Å². The Labute approximate surface area is 125 Å². The molecule has 0 saturated carbocycles. The van der Waals surface area contributed by atoms with Gasteiger partial charge in [-0.3, -0.25) is 9.35 Å². The van der Waals surface area contributed by atoms with Gasteiger partial charge >= 0.3 is 0 Å². The Morgan fingerprint density at radius 2 is 1.95 bits per heavy atom. The van der Waals surface area contributed by atoms with Crippen LogP contribution in [0.3, 0.4) is 0 Å². The van der Waals surface area contributed by atoms with Crippen molar-refractivity contribution in [2.24, 2.45) is 5.92 Å². The SMILES string of the molecule is Cc1ccc(S(=O)(=O)O)c(C(C)C2CCN(C=O)CC2)c1. The van der Waals surface area contributed by atoms with Crippen molar-refractivity contribution in [3.05, 3.63) is 29.3 Å². The molecule has 1 unspecified atom stereocenters. The number of benzene rings is 1. The number of hydrogen-bond acceptors (Lipinski definition) is 3. The highest BCUT2D eigenvalue weighted by Crippen LogP contribution is 2.35. The van der Waals surface area contributed by atoms with E-state index in [9.17, 15) is 17.8 Å². The second-order valence-corrected chi connectivity index (χ2v) is 7.17. The fourth-order valence-corrected chi connectivity index (χ4v) is 3.82. The van der Waals surface area contributed by atoms with Crippen LogP contribution in [0.2, 0.25) is 0 Å². The summed E-state index contributed by atoms with van der Waals surface area (Å²) in [6.45, 7) is 5.29. The van der Waals surface area contributed by atoms with Crippen molar-refractivity contribution in [1.29, 1.82) is 0 Å². The van der Waals surface area contributed by atoms with E-state index in [1.54, 1.807) is 11.0 Å². The minimum atomic E-state index is -4.22. The van der Waals surface area contributed by atoms with Crippen LogP contribution < -0.4 is 0 Å². The molecule has 2 rings (SSSR count). The summed E-state index contributed by atoms with van der Waals surface area (Å²) < 4.78 is 32.5. The molecule has 0 aromatic heterocycles. The molecule has 1 saturated heterocycles. The van der Waals surface area contributed by atoms with Gasteiger partial charge in [-0.25, -0.2) is 0 Å². The Morgan fingerprint density at radius 3 is 2.48 bits per heavy atom. The molecule has 0 spiro atoms. The molecule has 5 nitrogen and oxygen atoms in total. The van der Waals surface area contributed by atoms with Gasteiger partial charge in [-0.15, -0.1) is 0 Å². The van der Waals surface area contributed by atoms with E-state index < -0.39 is 10.1 Å². The van der Waals surface area contributed by atoms with E-state index in [0.717, 1.165) is 24.8 Å². The Bertz CT molecular complexity index is 619. The first-order valence-corrected chi connectivity index (χ1v) is 8.54. The number of hydrogen-bond donors (Lipinski definition) is 1. The molecule has 1 fully saturated rings. The zero-order valence-corrected chi connectivity index (χ0v) is 13.1. The van der Waals surface area contributed by atoms with Crippen LogP contribution >= 0.6 is 0 Å². The topological polar surface area (TPSA) is 74.7 Å². The van der Waals surface area contributed by atoms with Crippen LogP contribution in [0.25, 0.3) is 0 Å². The van der Waals surface area contributed by atoms with E-state index in [1.165, 1.54) is 6.07 Å². The maximum atomic E-state index is 11.6. The highest BCUT2D eigenvalue weighted by atomic mass is 32.2. The summed E-state index contributed by atoms with van der Waals surface area (Å²) in [5.41, 5.74) is 1.64. The molecule has 1 N–H and O–H groups in total. The van der Waals surface area contributed by atoms with E-state index in [1.807, 2.05) is 19.9 Å². The van der Waals surface area contributed by atoms with Crippen molar-refractivity contribution < 1.29 is 17.8 Å². The number of amides is 1. The lowest BCUT2D eigenvalue weighted by Crippen LogP contribution is -2.34. The predicted molar refractivity (Wildman–Crippen MR) is 79.8 cm³/mol. The van der Waals surface area contributed by atoms with Crippen molar-refractivity contribution in [3.8, 4) is 0 Å². The zero-order chi connectivity index (χ0) is 15.6. The van der Waals surface area contributed by atoms with Gasteiger partial charge < -0.3 is 4.90 Å². The van der Waals surface area contributed by atoms with Gasteiger partial charge in [-0.1, -0.05) is 24.6 Å². The van der Waals surface area contributed by atoms with Gasteiger partial charge in [0.1, 0.15) is 0 Å². The molecule has 1 atom stereocenters. The molecule has 116 valence electrons. The molecule has 1 heterocycles. The van der Waals surface area contributed by atoms with E-state index in [4.69, 9.17) is 0 Å². The van der Waals surface area contributed by atoms with Crippen LogP contribution in [0, 0.1) is 12.8 Å². The van der Waals surface area contributed by atoms with Crippen molar-refractivity contribution in [2.75, 3.05) is 13.1 Å². The first kappa shape index (κ1) is 16.0. The molecule has 0 bridgehead atoms. The van der Waals surface area contributed by atoms with Crippen LogP contribution in [-0.4, -0.2) is 37.4 Å². The van der Waals surface area contributed by atoms with E-state index in [-0.39, 0.29) is 10.8 Å². The summed E-state index contributed by atoms with van der Waals surface area (Å²) in [6.07, 6.45) is 2.55. The molecule has 1 aromatic carbocycles. The van der Waals surface area contributed by atoms with Gasteiger partial charge in [-0.2, -0.15) is 8.42 Å². The summed E-state index contributed by atoms with van der Waals surface area (Å²) in [4.78, 5) is 12.5. The lowest BCUT2D eigenvalue weighted by molar-refractivity contribution is -0.119. The molecule has 1 aliphatic rings. The minimum absolute atomic E-state index is 0.00147. The molecule has 1 amide bonds. The van der Waals surface area contributed by atoms with Crippen molar-refractivity contribution in [1.82, 2.24) is 4.90 Å². The third-order valence-corrected chi connectivity index (χ3v) is 5.29. The minimum Gasteiger partial charge on any atom is -0.345 e. The number of carbonyl (C=O) groups is 1. The quantitative estimate of drug-likeness (QED) is 0.683. The molecule has 0 radical (unpaired) electrons. The standard InChI is InChI=1S/C15H21NO4S/c1-11-3-4-15(21(18,19)20)14(9-11)12(2)13-5-7-16(10-17)8-6-13/h3-4,9-10,12-13H,5-8H2,1-2H3,(H,18,19,20). The Balaban J connectivity index is 2.29. The molecular weight excluding hydrogens is 290 g/mol. The first-order chi connectivity index (χ1) is 9.82. The Morgan fingerprint density at radius 1 is 1.33 bits per heavy atom. The van der Waals surface area contributed by atoms with Crippen LogP contribution in [0.5, 0.6) is 0 Å². The van der Waals surface area contributed by atoms with E-state index in [0.29, 0.717) is 24.6 Å². The predicted octanol–water partition coefficient (Wildman–Crippen LogP) is 2.21. The van der Waals surface area contributed by atoms with Crippen LogP contribution in [0.15, 0.2) is 23.1 Å². The molecule has 1 aromatic rings. The monoisotopic (exact) mass is 311 g/mol. The number of carbonyl (C=O) groups excluding carboxylic acids is 1.